The predicted molar refractivity (Wildman–Crippen MR) is 111 cm³/mol. The van der Waals surface area contributed by atoms with E-state index >= 15 is 0 Å². The third kappa shape index (κ3) is 4.51. The van der Waals surface area contributed by atoms with Crippen LogP contribution in [0.25, 0.3) is 0 Å². The molecule has 0 spiro atoms. The van der Waals surface area contributed by atoms with Crippen LogP contribution in [0.5, 0.6) is 0 Å². The topological polar surface area (TPSA) is 93.3 Å². The maximum atomic E-state index is 12.4. The van der Waals surface area contributed by atoms with Gasteiger partial charge in [0, 0.05) is 29.7 Å². The maximum Gasteiger partial charge on any atom is 0.258 e. The predicted octanol–water partition coefficient (Wildman–Crippen LogP) is 4.77. The minimum atomic E-state index is -0.422. The van der Waals surface area contributed by atoms with E-state index in [1.54, 1.807) is 18.3 Å². The lowest BCUT2D eigenvalue weighted by Crippen LogP contribution is -2.13. The van der Waals surface area contributed by atoms with E-state index in [1.807, 2.05) is 6.08 Å². The molecule has 2 aromatic rings. The highest BCUT2D eigenvalue weighted by Gasteiger charge is 2.29. The van der Waals surface area contributed by atoms with Gasteiger partial charge in [0.25, 0.3) is 5.91 Å². The molecule has 2 heterocycles. The summed E-state index contributed by atoms with van der Waals surface area (Å²) in [6.45, 7) is 0. The normalized spacial score (nSPS) is 17.5. The number of hydrogen-bond donors (Lipinski definition) is 2. The van der Waals surface area contributed by atoms with Gasteiger partial charge in [-0.05, 0) is 49.8 Å². The van der Waals surface area contributed by atoms with Crippen LogP contribution in [0.4, 0.5) is 11.5 Å². The fourth-order valence-electron chi connectivity index (χ4n) is 2.81. The number of allylic oxidation sites excluding steroid dienone is 2. The third-order valence-electron chi connectivity index (χ3n) is 4.69. The number of nitrogens with zero attached hydrogens (tertiary/aromatic N) is 3. The molecular weight excluding hydrogens is 397 g/mol. The zero-order valence-electron chi connectivity index (χ0n) is 15.0. The Morgan fingerprint density at radius 2 is 1.79 bits per heavy atom. The smallest absolute Gasteiger partial charge is 0.258 e. The number of amides is 1. The summed E-state index contributed by atoms with van der Waals surface area (Å²) in [4.78, 5) is 25.3. The summed E-state index contributed by atoms with van der Waals surface area (Å²) in [5.74, 6) is 1.14. The van der Waals surface area contributed by atoms with Crippen LogP contribution in [-0.2, 0) is 0 Å². The Labute approximate surface area is 172 Å². The molecule has 28 heavy (non-hydrogen) atoms. The Hall–Kier alpha value is -2.44. The van der Waals surface area contributed by atoms with Crippen LogP contribution >= 0.6 is 23.2 Å². The van der Waals surface area contributed by atoms with E-state index in [-0.39, 0.29) is 15.6 Å². The zero-order valence-corrected chi connectivity index (χ0v) is 16.5. The number of pyridine rings is 2. The first-order valence-electron chi connectivity index (χ1n) is 9.13. The van der Waals surface area contributed by atoms with E-state index in [2.05, 4.69) is 20.3 Å². The van der Waals surface area contributed by atoms with Gasteiger partial charge in [-0.15, -0.1) is 0 Å². The number of aromatic nitrogens is 2. The standard InChI is InChI=1S/C20H19Cl2N5O/c21-14-9-24-10-15(22)19(14)20(28)26-13-5-6-18(25-8-13)27-17(12-3-4-12)7-16(23)11-1-2-11/h5-12H,1-4,23H2,(H,26,28). The van der Waals surface area contributed by atoms with Crippen molar-refractivity contribution in [3.8, 4) is 0 Å². The average Bonchev–Trinajstić information content (AvgIpc) is 3.56. The van der Waals surface area contributed by atoms with Gasteiger partial charge in [0.15, 0.2) is 5.82 Å². The molecule has 0 bridgehead atoms. The van der Waals surface area contributed by atoms with Crippen LogP contribution in [0.2, 0.25) is 10.0 Å². The van der Waals surface area contributed by atoms with Gasteiger partial charge < -0.3 is 11.1 Å². The van der Waals surface area contributed by atoms with Crippen molar-refractivity contribution < 1.29 is 4.79 Å². The van der Waals surface area contributed by atoms with E-state index in [1.165, 1.54) is 25.2 Å². The van der Waals surface area contributed by atoms with E-state index in [0.29, 0.717) is 23.3 Å². The minimum absolute atomic E-state index is 0.178. The van der Waals surface area contributed by atoms with Crippen molar-refractivity contribution in [1.29, 1.82) is 0 Å². The van der Waals surface area contributed by atoms with Crippen molar-refractivity contribution in [1.82, 2.24) is 9.97 Å². The van der Waals surface area contributed by atoms with Gasteiger partial charge in [-0.1, -0.05) is 23.2 Å². The SMILES string of the molecule is NC(=CC(=Nc1ccc(NC(=O)c2c(Cl)cncc2Cl)cn1)C1CC1)C1CC1. The Kier molecular flexibility index (Phi) is 5.33. The molecule has 0 aromatic carbocycles. The van der Waals surface area contributed by atoms with Crippen molar-refractivity contribution in [2.45, 2.75) is 25.7 Å². The number of carbonyl (C=O) groups is 1. The van der Waals surface area contributed by atoms with Crippen molar-refractivity contribution in [2.24, 2.45) is 22.6 Å². The number of rotatable bonds is 6. The molecule has 0 atom stereocenters. The van der Waals surface area contributed by atoms with E-state index < -0.39 is 5.91 Å². The number of aliphatic imine (C=N–C) groups is 1. The molecule has 0 unspecified atom stereocenters. The molecule has 4 rings (SSSR count). The largest absolute Gasteiger partial charge is 0.402 e. The molecule has 1 amide bonds. The minimum Gasteiger partial charge on any atom is -0.402 e. The van der Waals surface area contributed by atoms with Crippen LogP contribution in [0.15, 0.2) is 47.5 Å². The van der Waals surface area contributed by atoms with Crippen LogP contribution in [0.3, 0.4) is 0 Å². The lowest BCUT2D eigenvalue weighted by molar-refractivity contribution is 0.102. The lowest BCUT2D eigenvalue weighted by atomic mass is 10.1. The number of nitrogens with one attached hydrogen (secondary N) is 1. The number of carbonyl (C=O) groups excluding carboxylic acids is 1. The van der Waals surface area contributed by atoms with Crippen LogP contribution in [0.1, 0.15) is 36.0 Å². The molecule has 2 aromatic heterocycles. The number of nitrogens with two attached hydrogens (primary N) is 1. The summed E-state index contributed by atoms with van der Waals surface area (Å²) in [6.07, 6.45) is 10.9. The molecule has 2 fully saturated rings. The van der Waals surface area contributed by atoms with Crippen molar-refractivity contribution in [2.75, 3.05) is 5.32 Å². The summed E-state index contributed by atoms with van der Waals surface area (Å²) in [6, 6.07) is 3.50. The van der Waals surface area contributed by atoms with Crippen LogP contribution < -0.4 is 11.1 Å². The summed E-state index contributed by atoms with van der Waals surface area (Å²) >= 11 is 12.0. The molecule has 6 nitrogen and oxygen atoms in total. The highest BCUT2D eigenvalue weighted by molar-refractivity contribution is 6.40. The highest BCUT2D eigenvalue weighted by Crippen LogP contribution is 2.37. The molecule has 0 radical (unpaired) electrons. The Morgan fingerprint density at radius 3 is 2.36 bits per heavy atom. The van der Waals surface area contributed by atoms with Gasteiger partial charge in [-0.2, -0.15) is 0 Å². The van der Waals surface area contributed by atoms with Gasteiger partial charge in [0.2, 0.25) is 0 Å². The molecule has 144 valence electrons. The molecule has 8 heteroatoms. The van der Waals surface area contributed by atoms with Gasteiger partial charge in [0.05, 0.1) is 27.5 Å². The molecule has 2 saturated carbocycles. The van der Waals surface area contributed by atoms with Gasteiger partial charge in [-0.25, -0.2) is 9.98 Å². The molecule has 0 aliphatic heterocycles. The second kappa shape index (κ2) is 7.89. The second-order valence-corrected chi connectivity index (χ2v) is 7.88. The monoisotopic (exact) mass is 415 g/mol. The Morgan fingerprint density at radius 1 is 1.11 bits per heavy atom. The quantitative estimate of drug-likeness (QED) is 0.664. The van der Waals surface area contributed by atoms with E-state index in [0.717, 1.165) is 24.3 Å². The van der Waals surface area contributed by atoms with Gasteiger partial charge in [0.1, 0.15) is 0 Å². The fraction of sp³-hybridized carbons (Fsp3) is 0.300. The van der Waals surface area contributed by atoms with E-state index in [4.69, 9.17) is 28.9 Å². The second-order valence-electron chi connectivity index (χ2n) is 7.07. The number of anilines is 1. The van der Waals surface area contributed by atoms with Crippen LogP contribution in [-0.4, -0.2) is 21.6 Å². The third-order valence-corrected chi connectivity index (χ3v) is 5.26. The van der Waals surface area contributed by atoms with Gasteiger partial charge in [-0.3, -0.25) is 9.78 Å². The number of hydrogen-bond acceptors (Lipinski definition) is 5. The number of halogens is 2. The van der Waals surface area contributed by atoms with Gasteiger partial charge >= 0.3 is 0 Å². The van der Waals surface area contributed by atoms with Crippen molar-refractivity contribution in [3.05, 3.63) is 58.1 Å². The molecule has 0 saturated heterocycles. The molecule has 2 aliphatic rings. The van der Waals surface area contributed by atoms with Crippen LogP contribution in [0, 0.1) is 11.8 Å². The molecular formula is C20H19Cl2N5O. The highest BCUT2D eigenvalue weighted by atomic mass is 35.5. The maximum absolute atomic E-state index is 12.4. The first-order chi connectivity index (χ1) is 13.5. The first-order valence-corrected chi connectivity index (χ1v) is 9.89. The zero-order chi connectivity index (χ0) is 19.7. The molecule has 2 aliphatic carbocycles. The summed E-state index contributed by atoms with van der Waals surface area (Å²) in [5.41, 5.74) is 8.75. The summed E-state index contributed by atoms with van der Waals surface area (Å²) in [5, 5.41) is 3.11. The summed E-state index contributed by atoms with van der Waals surface area (Å²) < 4.78 is 0. The Bertz CT molecular complexity index is 943. The Balaban J connectivity index is 1.49. The van der Waals surface area contributed by atoms with Crippen molar-refractivity contribution >= 4 is 46.3 Å². The van der Waals surface area contributed by atoms with E-state index in [9.17, 15) is 4.79 Å². The average molecular weight is 416 g/mol. The fourth-order valence-corrected chi connectivity index (χ4v) is 3.34. The summed E-state index contributed by atoms with van der Waals surface area (Å²) in [7, 11) is 0. The lowest BCUT2D eigenvalue weighted by Gasteiger charge is -2.08. The first kappa shape index (κ1) is 18.9. The molecule has 3 N–H and O–H groups in total. The van der Waals surface area contributed by atoms with Crippen molar-refractivity contribution in [3.63, 3.8) is 0 Å².